The van der Waals surface area contributed by atoms with Crippen LogP contribution in [0.3, 0.4) is 0 Å². The number of carbonyl (C=O) groups is 1. The number of pyridine rings is 1. The molecule has 1 aliphatic rings. The highest BCUT2D eigenvalue weighted by Gasteiger charge is 2.36. The Hall–Kier alpha value is -1.83. The van der Waals surface area contributed by atoms with E-state index in [4.69, 9.17) is 5.73 Å². The molecule has 1 amide bonds. The molecule has 0 spiro atoms. The SMILES string of the molecule is NC1(C(=O)NCc2ccnc(OCC(F)(F)F)c2)CCCC1. The van der Waals surface area contributed by atoms with Crippen LogP contribution in [0.5, 0.6) is 5.88 Å². The molecule has 1 fully saturated rings. The predicted molar refractivity (Wildman–Crippen MR) is 73.0 cm³/mol. The molecule has 0 bridgehead atoms. The van der Waals surface area contributed by atoms with Crippen LogP contribution in [0, 0.1) is 0 Å². The van der Waals surface area contributed by atoms with Gasteiger partial charge in [-0.15, -0.1) is 0 Å². The van der Waals surface area contributed by atoms with E-state index in [2.05, 4.69) is 15.0 Å². The molecule has 1 aliphatic carbocycles. The minimum absolute atomic E-state index is 0.132. The standard InChI is InChI=1S/C14H18F3N3O2/c15-14(16,17)9-22-11-7-10(3-6-19-11)8-20-12(21)13(18)4-1-2-5-13/h3,6-7H,1-2,4-5,8-9,18H2,(H,20,21). The van der Waals surface area contributed by atoms with Gasteiger partial charge >= 0.3 is 6.18 Å². The molecule has 1 aromatic rings. The molecular formula is C14H18F3N3O2. The number of hydrogen-bond donors (Lipinski definition) is 2. The average Bonchev–Trinajstić information content (AvgIpc) is 2.90. The second-order valence-electron chi connectivity index (χ2n) is 5.45. The van der Waals surface area contributed by atoms with Crippen molar-refractivity contribution in [3.05, 3.63) is 23.9 Å². The second kappa shape index (κ2) is 6.51. The van der Waals surface area contributed by atoms with Crippen molar-refractivity contribution in [1.82, 2.24) is 10.3 Å². The van der Waals surface area contributed by atoms with Crippen molar-refractivity contribution in [2.75, 3.05) is 6.61 Å². The normalized spacial score (nSPS) is 17.3. The van der Waals surface area contributed by atoms with Crippen LogP contribution in [-0.4, -0.2) is 29.2 Å². The van der Waals surface area contributed by atoms with E-state index < -0.39 is 18.3 Å². The molecule has 2 rings (SSSR count). The Morgan fingerprint density at radius 1 is 1.41 bits per heavy atom. The van der Waals surface area contributed by atoms with E-state index in [1.165, 1.54) is 12.3 Å². The maximum atomic E-state index is 12.1. The number of nitrogens with zero attached hydrogens (tertiary/aromatic N) is 1. The number of carbonyl (C=O) groups excluding carboxylic acids is 1. The third-order valence-corrected chi connectivity index (χ3v) is 3.58. The first-order valence-corrected chi connectivity index (χ1v) is 7.00. The summed E-state index contributed by atoms with van der Waals surface area (Å²) >= 11 is 0. The average molecular weight is 317 g/mol. The van der Waals surface area contributed by atoms with Crippen LogP contribution < -0.4 is 15.8 Å². The van der Waals surface area contributed by atoms with E-state index in [1.54, 1.807) is 6.07 Å². The van der Waals surface area contributed by atoms with Gasteiger partial charge in [-0.25, -0.2) is 4.98 Å². The lowest BCUT2D eigenvalue weighted by molar-refractivity contribution is -0.154. The number of nitrogens with two attached hydrogens (primary N) is 1. The van der Waals surface area contributed by atoms with E-state index in [0.717, 1.165) is 12.8 Å². The van der Waals surface area contributed by atoms with Crippen molar-refractivity contribution < 1.29 is 22.7 Å². The van der Waals surface area contributed by atoms with Crippen LogP contribution >= 0.6 is 0 Å². The van der Waals surface area contributed by atoms with Crippen molar-refractivity contribution in [3.8, 4) is 5.88 Å². The number of alkyl halides is 3. The summed E-state index contributed by atoms with van der Waals surface area (Å²) in [4.78, 5) is 15.8. The second-order valence-corrected chi connectivity index (χ2v) is 5.45. The Morgan fingerprint density at radius 2 is 2.09 bits per heavy atom. The van der Waals surface area contributed by atoms with E-state index in [1.807, 2.05) is 0 Å². The first kappa shape index (κ1) is 16.5. The molecule has 0 aromatic carbocycles. The van der Waals surface area contributed by atoms with Crippen molar-refractivity contribution in [2.45, 2.75) is 43.9 Å². The Labute approximate surface area is 126 Å². The van der Waals surface area contributed by atoms with Crippen LogP contribution in [0.2, 0.25) is 0 Å². The lowest BCUT2D eigenvalue weighted by atomic mass is 9.98. The highest BCUT2D eigenvalue weighted by molar-refractivity contribution is 5.86. The summed E-state index contributed by atoms with van der Waals surface area (Å²) in [6.07, 6.45) is 0.0642. The zero-order valence-electron chi connectivity index (χ0n) is 11.9. The lowest BCUT2D eigenvalue weighted by Gasteiger charge is -2.22. The van der Waals surface area contributed by atoms with Gasteiger partial charge in [0.1, 0.15) is 0 Å². The fourth-order valence-corrected chi connectivity index (χ4v) is 2.39. The Kier molecular flexibility index (Phi) is 4.90. The maximum absolute atomic E-state index is 12.1. The van der Waals surface area contributed by atoms with Crippen LogP contribution in [0.4, 0.5) is 13.2 Å². The van der Waals surface area contributed by atoms with Gasteiger partial charge in [-0.1, -0.05) is 12.8 Å². The van der Waals surface area contributed by atoms with E-state index >= 15 is 0 Å². The smallest absolute Gasteiger partial charge is 0.422 e. The minimum Gasteiger partial charge on any atom is -0.468 e. The fourth-order valence-electron chi connectivity index (χ4n) is 2.39. The van der Waals surface area contributed by atoms with Gasteiger partial charge in [0.25, 0.3) is 0 Å². The number of halogens is 3. The third kappa shape index (κ3) is 4.59. The Balaban J connectivity index is 1.89. The summed E-state index contributed by atoms with van der Waals surface area (Å²) in [6, 6.07) is 2.96. The molecule has 0 radical (unpaired) electrons. The van der Waals surface area contributed by atoms with Crippen LogP contribution in [-0.2, 0) is 11.3 Å². The molecule has 8 heteroatoms. The molecular weight excluding hydrogens is 299 g/mol. The summed E-state index contributed by atoms with van der Waals surface area (Å²) in [5, 5.41) is 2.71. The third-order valence-electron chi connectivity index (χ3n) is 3.58. The summed E-state index contributed by atoms with van der Waals surface area (Å²) in [7, 11) is 0. The lowest BCUT2D eigenvalue weighted by Crippen LogP contribution is -2.51. The Morgan fingerprint density at radius 3 is 2.73 bits per heavy atom. The quantitative estimate of drug-likeness (QED) is 0.870. The molecule has 122 valence electrons. The molecule has 1 heterocycles. The summed E-state index contributed by atoms with van der Waals surface area (Å²) in [6.45, 7) is -1.23. The molecule has 5 nitrogen and oxygen atoms in total. The van der Waals surface area contributed by atoms with Gasteiger partial charge in [0.15, 0.2) is 6.61 Å². The molecule has 0 aliphatic heterocycles. The first-order chi connectivity index (χ1) is 10.3. The monoisotopic (exact) mass is 317 g/mol. The number of hydrogen-bond acceptors (Lipinski definition) is 4. The van der Waals surface area contributed by atoms with Gasteiger partial charge in [0, 0.05) is 18.8 Å². The number of aromatic nitrogens is 1. The number of amides is 1. The van der Waals surface area contributed by atoms with Gasteiger partial charge in [0.2, 0.25) is 11.8 Å². The zero-order chi connectivity index (χ0) is 16.2. The van der Waals surface area contributed by atoms with Crippen molar-refractivity contribution >= 4 is 5.91 Å². The molecule has 3 N–H and O–H groups in total. The van der Waals surface area contributed by atoms with Gasteiger partial charge < -0.3 is 15.8 Å². The maximum Gasteiger partial charge on any atom is 0.422 e. The number of ether oxygens (including phenoxy) is 1. The van der Waals surface area contributed by atoms with E-state index in [0.29, 0.717) is 18.4 Å². The Bertz CT molecular complexity index is 528. The minimum atomic E-state index is -4.42. The highest BCUT2D eigenvalue weighted by atomic mass is 19.4. The number of nitrogens with one attached hydrogen (secondary N) is 1. The molecule has 0 atom stereocenters. The van der Waals surface area contributed by atoms with Crippen molar-refractivity contribution in [2.24, 2.45) is 5.73 Å². The predicted octanol–water partition coefficient (Wildman–Crippen LogP) is 1.91. The van der Waals surface area contributed by atoms with E-state index in [9.17, 15) is 18.0 Å². The molecule has 0 saturated heterocycles. The summed E-state index contributed by atoms with van der Waals surface area (Å²) in [5.41, 5.74) is 5.79. The van der Waals surface area contributed by atoms with Crippen LogP contribution in [0.1, 0.15) is 31.2 Å². The topological polar surface area (TPSA) is 77.2 Å². The van der Waals surface area contributed by atoms with Crippen LogP contribution in [0.15, 0.2) is 18.3 Å². The number of rotatable bonds is 5. The highest BCUT2D eigenvalue weighted by Crippen LogP contribution is 2.27. The van der Waals surface area contributed by atoms with Gasteiger partial charge in [0.05, 0.1) is 5.54 Å². The first-order valence-electron chi connectivity index (χ1n) is 7.00. The van der Waals surface area contributed by atoms with Gasteiger partial charge in [-0.2, -0.15) is 13.2 Å². The summed E-state index contributed by atoms with van der Waals surface area (Å²) < 4.78 is 40.8. The zero-order valence-corrected chi connectivity index (χ0v) is 11.9. The van der Waals surface area contributed by atoms with Crippen molar-refractivity contribution in [1.29, 1.82) is 0 Å². The molecule has 1 aromatic heterocycles. The van der Waals surface area contributed by atoms with Crippen molar-refractivity contribution in [3.63, 3.8) is 0 Å². The molecule has 0 unspecified atom stereocenters. The molecule has 22 heavy (non-hydrogen) atoms. The largest absolute Gasteiger partial charge is 0.468 e. The van der Waals surface area contributed by atoms with E-state index in [-0.39, 0.29) is 18.3 Å². The van der Waals surface area contributed by atoms with Gasteiger partial charge in [-0.05, 0) is 24.5 Å². The molecule has 1 saturated carbocycles. The summed E-state index contributed by atoms with van der Waals surface area (Å²) in [5.74, 6) is -0.369. The fraction of sp³-hybridized carbons (Fsp3) is 0.571. The van der Waals surface area contributed by atoms with Crippen LogP contribution in [0.25, 0.3) is 0 Å². The van der Waals surface area contributed by atoms with Gasteiger partial charge in [-0.3, -0.25) is 4.79 Å².